The lowest BCUT2D eigenvalue weighted by atomic mass is 9.92. The number of thioether (sulfide) groups is 1. The van der Waals surface area contributed by atoms with Gasteiger partial charge in [-0.25, -0.2) is 0 Å². The van der Waals surface area contributed by atoms with E-state index in [1.165, 1.54) is 11.8 Å². The van der Waals surface area contributed by atoms with Crippen LogP contribution >= 0.6 is 23.4 Å². The lowest BCUT2D eigenvalue weighted by Crippen LogP contribution is -2.18. The average Bonchev–Trinajstić information content (AvgIpc) is 3.19. The van der Waals surface area contributed by atoms with Crippen LogP contribution in [0.5, 0.6) is 5.75 Å². The normalized spacial score (nSPS) is 11.1. The molecule has 0 radical (unpaired) electrons. The molecule has 0 aliphatic carbocycles. The van der Waals surface area contributed by atoms with Crippen LogP contribution in [0.2, 0.25) is 5.02 Å². The van der Waals surface area contributed by atoms with Crippen molar-refractivity contribution in [3.8, 4) is 5.75 Å². The smallest absolute Gasteiger partial charge is 0.234 e. The number of aromatic nitrogens is 3. The van der Waals surface area contributed by atoms with Gasteiger partial charge in [-0.15, -0.1) is 16.8 Å². The van der Waals surface area contributed by atoms with Gasteiger partial charge >= 0.3 is 0 Å². The summed E-state index contributed by atoms with van der Waals surface area (Å²) in [5.41, 5.74) is 3.20. The maximum Gasteiger partial charge on any atom is 0.234 e. The van der Waals surface area contributed by atoms with E-state index in [9.17, 15) is 4.79 Å². The molecule has 0 unspecified atom stereocenters. The summed E-state index contributed by atoms with van der Waals surface area (Å²) in [4.78, 5) is 12.9. The number of carbonyl (C=O) groups is 1. The average molecular weight is 499 g/mol. The molecule has 34 heavy (non-hydrogen) atoms. The van der Waals surface area contributed by atoms with Crippen molar-refractivity contribution < 1.29 is 9.53 Å². The van der Waals surface area contributed by atoms with Gasteiger partial charge in [0.25, 0.3) is 0 Å². The SMILES string of the molecule is C=CCn1c(COc2ccc(Cl)cc2)nnc1SCC(=O)Nc1c(C(C)C)cccc1C(C)C. The van der Waals surface area contributed by atoms with E-state index < -0.39 is 0 Å². The fraction of sp³-hybridized carbons (Fsp3) is 0.346. The second-order valence-electron chi connectivity index (χ2n) is 8.50. The van der Waals surface area contributed by atoms with E-state index in [1.807, 2.05) is 4.57 Å². The van der Waals surface area contributed by atoms with E-state index in [1.54, 1.807) is 30.3 Å². The van der Waals surface area contributed by atoms with Crippen LogP contribution in [-0.4, -0.2) is 26.4 Å². The van der Waals surface area contributed by atoms with Gasteiger partial charge in [-0.1, -0.05) is 75.3 Å². The van der Waals surface area contributed by atoms with Crippen molar-refractivity contribution in [2.45, 2.75) is 57.8 Å². The zero-order valence-electron chi connectivity index (χ0n) is 20.0. The Morgan fingerprint density at radius 1 is 1.12 bits per heavy atom. The highest BCUT2D eigenvalue weighted by molar-refractivity contribution is 7.99. The number of rotatable bonds is 11. The highest BCUT2D eigenvalue weighted by Crippen LogP contribution is 2.32. The number of anilines is 1. The summed E-state index contributed by atoms with van der Waals surface area (Å²) in [5, 5.41) is 13.0. The lowest BCUT2D eigenvalue weighted by molar-refractivity contribution is -0.113. The first kappa shape index (κ1) is 25.8. The van der Waals surface area contributed by atoms with E-state index >= 15 is 0 Å². The number of para-hydroxylation sites is 1. The summed E-state index contributed by atoms with van der Waals surface area (Å²) in [6, 6.07) is 13.4. The number of halogens is 1. The first-order valence-corrected chi connectivity index (χ1v) is 12.6. The largest absolute Gasteiger partial charge is 0.486 e. The Kier molecular flexibility index (Phi) is 9.19. The molecule has 0 atom stereocenters. The molecule has 0 fully saturated rings. The second kappa shape index (κ2) is 12.1. The second-order valence-corrected chi connectivity index (χ2v) is 9.88. The number of hydrogen-bond acceptors (Lipinski definition) is 5. The van der Waals surface area contributed by atoms with Crippen molar-refractivity contribution in [1.82, 2.24) is 14.8 Å². The van der Waals surface area contributed by atoms with Crippen LogP contribution in [0.25, 0.3) is 0 Å². The number of amides is 1. The minimum absolute atomic E-state index is 0.0767. The summed E-state index contributed by atoms with van der Waals surface area (Å²) in [6.45, 7) is 13.1. The molecule has 180 valence electrons. The van der Waals surface area contributed by atoms with Crippen LogP contribution in [0.3, 0.4) is 0 Å². The molecule has 0 saturated heterocycles. The Bertz CT molecular complexity index is 1100. The molecule has 0 aliphatic heterocycles. The van der Waals surface area contributed by atoms with E-state index in [4.69, 9.17) is 16.3 Å². The van der Waals surface area contributed by atoms with Crippen LogP contribution in [0, 0.1) is 0 Å². The number of nitrogens with zero attached hydrogens (tertiary/aromatic N) is 3. The van der Waals surface area contributed by atoms with Crippen molar-refractivity contribution in [3.05, 3.63) is 77.1 Å². The Morgan fingerprint density at radius 2 is 1.76 bits per heavy atom. The summed E-state index contributed by atoms with van der Waals surface area (Å²) in [7, 11) is 0. The molecule has 8 heteroatoms. The third-order valence-corrected chi connectivity index (χ3v) is 6.48. The molecule has 0 bridgehead atoms. The quantitative estimate of drug-likeness (QED) is 0.236. The molecule has 1 amide bonds. The van der Waals surface area contributed by atoms with Crippen LogP contribution in [0.1, 0.15) is 56.5 Å². The van der Waals surface area contributed by atoms with Crippen molar-refractivity contribution in [2.75, 3.05) is 11.1 Å². The molecule has 0 spiro atoms. The molecular weight excluding hydrogens is 468 g/mol. The van der Waals surface area contributed by atoms with Gasteiger partial charge in [-0.2, -0.15) is 0 Å². The fourth-order valence-electron chi connectivity index (χ4n) is 3.52. The van der Waals surface area contributed by atoms with E-state index in [-0.39, 0.29) is 18.3 Å². The van der Waals surface area contributed by atoms with Crippen LogP contribution in [0.4, 0.5) is 5.69 Å². The van der Waals surface area contributed by atoms with Gasteiger partial charge < -0.3 is 10.1 Å². The molecule has 6 nitrogen and oxygen atoms in total. The number of nitrogens with one attached hydrogen (secondary N) is 1. The van der Waals surface area contributed by atoms with Crippen molar-refractivity contribution in [2.24, 2.45) is 0 Å². The van der Waals surface area contributed by atoms with Crippen molar-refractivity contribution >= 4 is 35.0 Å². The van der Waals surface area contributed by atoms with Gasteiger partial charge in [-0.05, 0) is 47.2 Å². The first-order valence-electron chi connectivity index (χ1n) is 11.3. The monoisotopic (exact) mass is 498 g/mol. The molecule has 1 N–H and O–H groups in total. The molecule has 1 aromatic heterocycles. The third-order valence-electron chi connectivity index (χ3n) is 5.26. The fourth-order valence-corrected chi connectivity index (χ4v) is 4.42. The summed E-state index contributed by atoms with van der Waals surface area (Å²) >= 11 is 7.27. The number of benzene rings is 2. The molecular formula is C26H31ClN4O2S. The third kappa shape index (κ3) is 6.64. The molecule has 1 heterocycles. The number of allylic oxidation sites excluding steroid dienone is 1. The Labute approximate surface area is 210 Å². The predicted octanol–water partition coefficient (Wildman–Crippen LogP) is 6.67. The van der Waals surface area contributed by atoms with Crippen LogP contribution in [-0.2, 0) is 17.9 Å². The molecule has 0 aliphatic rings. The maximum atomic E-state index is 12.9. The molecule has 3 aromatic rings. The number of carbonyl (C=O) groups excluding carboxylic acids is 1. The van der Waals surface area contributed by atoms with Crippen molar-refractivity contribution in [3.63, 3.8) is 0 Å². The number of hydrogen-bond donors (Lipinski definition) is 1. The van der Waals surface area contributed by atoms with Gasteiger partial charge in [0.15, 0.2) is 11.0 Å². The number of ether oxygens (including phenoxy) is 1. The van der Waals surface area contributed by atoms with Gasteiger partial charge in [0.2, 0.25) is 5.91 Å². The molecule has 3 rings (SSSR count). The van der Waals surface area contributed by atoms with Gasteiger partial charge in [0.05, 0.1) is 5.75 Å². The van der Waals surface area contributed by atoms with Crippen LogP contribution in [0.15, 0.2) is 60.3 Å². The van der Waals surface area contributed by atoms with E-state index in [2.05, 4.69) is 68.0 Å². The zero-order chi connectivity index (χ0) is 24.7. The van der Waals surface area contributed by atoms with E-state index in [0.29, 0.717) is 40.1 Å². The minimum Gasteiger partial charge on any atom is -0.486 e. The predicted molar refractivity (Wildman–Crippen MR) is 140 cm³/mol. The van der Waals surface area contributed by atoms with Gasteiger partial charge in [0.1, 0.15) is 12.4 Å². The minimum atomic E-state index is -0.0767. The standard InChI is InChI=1S/C26H31ClN4O2S/c1-6-14-31-23(15-33-20-12-10-19(27)11-13-20)29-30-26(31)34-16-24(32)28-25-21(17(2)3)8-7-9-22(25)18(4)5/h6-13,17-18H,1,14-16H2,2-5H3,(H,28,32). The van der Waals surface area contributed by atoms with Crippen LogP contribution < -0.4 is 10.1 Å². The summed E-state index contributed by atoms with van der Waals surface area (Å²) in [6.07, 6.45) is 1.77. The maximum absolute atomic E-state index is 12.9. The molecule has 0 saturated carbocycles. The zero-order valence-corrected chi connectivity index (χ0v) is 21.6. The Balaban J connectivity index is 1.69. The molecule has 2 aromatic carbocycles. The van der Waals surface area contributed by atoms with Gasteiger partial charge in [0, 0.05) is 17.3 Å². The lowest BCUT2D eigenvalue weighted by Gasteiger charge is -2.20. The topological polar surface area (TPSA) is 69.0 Å². The van der Waals surface area contributed by atoms with E-state index in [0.717, 1.165) is 16.8 Å². The van der Waals surface area contributed by atoms with Gasteiger partial charge in [-0.3, -0.25) is 9.36 Å². The first-order chi connectivity index (χ1) is 16.3. The summed E-state index contributed by atoms with van der Waals surface area (Å²) < 4.78 is 7.72. The van der Waals surface area contributed by atoms with Crippen molar-refractivity contribution in [1.29, 1.82) is 0 Å². The summed E-state index contributed by atoms with van der Waals surface area (Å²) in [5.74, 6) is 2.10. The Morgan fingerprint density at radius 3 is 2.35 bits per heavy atom. The Hall–Kier alpha value is -2.77. The highest BCUT2D eigenvalue weighted by atomic mass is 35.5. The highest BCUT2D eigenvalue weighted by Gasteiger charge is 2.18.